The summed E-state index contributed by atoms with van der Waals surface area (Å²) in [6, 6.07) is 4.89. The normalized spacial score (nSPS) is 27.0. The van der Waals surface area contributed by atoms with E-state index in [2.05, 4.69) is 31.1 Å². The molecule has 3 aliphatic rings. The fourth-order valence-electron chi connectivity index (χ4n) is 7.97. The number of anilines is 1. The molecule has 1 spiro atoms. The van der Waals surface area contributed by atoms with Gasteiger partial charge in [-0.15, -0.1) is 10.2 Å². The Morgan fingerprint density at radius 2 is 1.82 bits per heavy atom. The number of benzene rings is 1. The monoisotopic (exact) mass is 664 g/mol. The maximum absolute atomic E-state index is 16.0. The zero-order valence-electron chi connectivity index (χ0n) is 24.3. The zero-order valence-corrected chi connectivity index (χ0v) is 25.8. The van der Waals surface area contributed by atoms with Gasteiger partial charge >= 0.3 is 0 Å². The second kappa shape index (κ2) is 12.9. The van der Waals surface area contributed by atoms with E-state index in [9.17, 15) is 18.4 Å². The van der Waals surface area contributed by atoms with Crippen LogP contribution in [0, 0.1) is 5.82 Å². The van der Waals surface area contributed by atoms with Crippen molar-refractivity contribution in [2.24, 2.45) is 0 Å². The van der Waals surface area contributed by atoms with Gasteiger partial charge in [0.25, 0.3) is 0 Å². The first kappa shape index (κ1) is 31.7. The molecule has 2 aromatic heterocycles. The van der Waals surface area contributed by atoms with Crippen LogP contribution in [-0.2, 0) is 15.0 Å². The topological polar surface area (TPSA) is 122 Å². The number of rotatable bonds is 10. The maximum atomic E-state index is 16.0. The summed E-state index contributed by atoms with van der Waals surface area (Å²) in [5.74, 6) is -2.36. The highest BCUT2D eigenvalue weighted by molar-refractivity contribution is 6.31. The maximum Gasteiger partial charge on any atom is 0.238 e. The van der Waals surface area contributed by atoms with Crippen LogP contribution >= 0.6 is 23.2 Å². The molecule has 3 aromatic rings. The molecule has 240 valence electrons. The molecule has 6 rings (SSSR count). The number of amides is 2. The second-order valence-electron chi connectivity index (χ2n) is 12.1. The highest BCUT2D eigenvalue weighted by atomic mass is 35.5. The van der Waals surface area contributed by atoms with Gasteiger partial charge in [0.05, 0.1) is 19.4 Å². The summed E-state index contributed by atoms with van der Waals surface area (Å²) >= 11 is 12.5. The molecule has 4 heterocycles. The van der Waals surface area contributed by atoms with Gasteiger partial charge < -0.3 is 15.1 Å². The average Bonchev–Trinajstić information content (AvgIpc) is 3.74. The molecular formula is C31H33Cl2F3N6O3. The molecular weight excluding hydrogens is 632 g/mol. The number of hydrogen-bond donors (Lipinski definition) is 3. The molecule has 1 aliphatic carbocycles. The molecule has 3 atom stereocenters. The van der Waals surface area contributed by atoms with Crippen molar-refractivity contribution in [2.75, 3.05) is 18.7 Å². The van der Waals surface area contributed by atoms with Crippen molar-refractivity contribution in [1.29, 1.82) is 0 Å². The Morgan fingerprint density at radius 3 is 2.49 bits per heavy atom. The van der Waals surface area contributed by atoms with E-state index in [4.69, 9.17) is 27.6 Å². The molecule has 2 amide bonds. The SMILES string of the molecule is O=C(NC1CCC(c2nnco2)CC1)[C@@H]1NC(CCCF)(CCCF)[C@@]2(C(=O)Nc3cc(Cl)ccc32)[C@H]1c1ccnc(Cl)c1F. The molecule has 1 aromatic carbocycles. The average molecular weight is 666 g/mol. The van der Waals surface area contributed by atoms with E-state index in [1.165, 1.54) is 18.7 Å². The van der Waals surface area contributed by atoms with Crippen molar-refractivity contribution in [2.45, 2.75) is 86.2 Å². The third kappa shape index (κ3) is 5.38. The molecule has 0 bridgehead atoms. The number of nitrogens with zero attached hydrogens (tertiary/aromatic N) is 3. The van der Waals surface area contributed by atoms with E-state index in [1.807, 2.05) is 0 Å². The highest BCUT2D eigenvalue weighted by Gasteiger charge is 2.72. The number of alkyl halides is 2. The number of fused-ring (bicyclic) bond motifs is 2. The summed E-state index contributed by atoms with van der Waals surface area (Å²) in [5.41, 5.74) is -2.12. The van der Waals surface area contributed by atoms with Crippen LogP contribution < -0.4 is 16.0 Å². The van der Waals surface area contributed by atoms with Crippen molar-refractivity contribution in [1.82, 2.24) is 25.8 Å². The first-order chi connectivity index (χ1) is 21.8. The van der Waals surface area contributed by atoms with Crippen LogP contribution in [0.2, 0.25) is 10.2 Å². The van der Waals surface area contributed by atoms with Gasteiger partial charge in [-0.25, -0.2) is 9.37 Å². The lowest BCUT2D eigenvalue weighted by Gasteiger charge is -2.45. The molecule has 45 heavy (non-hydrogen) atoms. The number of halogens is 5. The predicted molar refractivity (Wildman–Crippen MR) is 161 cm³/mol. The van der Waals surface area contributed by atoms with Gasteiger partial charge in [0.2, 0.25) is 24.1 Å². The number of carbonyl (C=O) groups excluding carboxylic acids is 2. The first-order valence-electron chi connectivity index (χ1n) is 15.1. The lowest BCUT2D eigenvalue weighted by atomic mass is 9.57. The molecule has 9 nitrogen and oxygen atoms in total. The van der Waals surface area contributed by atoms with E-state index in [0.717, 1.165) is 0 Å². The summed E-state index contributed by atoms with van der Waals surface area (Å²) in [6.45, 7) is -1.41. The van der Waals surface area contributed by atoms with Gasteiger partial charge in [-0.05, 0) is 80.7 Å². The second-order valence-corrected chi connectivity index (χ2v) is 12.9. The highest BCUT2D eigenvalue weighted by Crippen LogP contribution is 2.62. The zero-order chi connectivity index (χ0) is 31.8. The van der Waals surface area contributed by atoms with Crippen LogP contribution in [-0.4, -0.2) is 58.0 Å². The van der Waals surface area contributed by atoms with E-state index in [-0.39, 0.29) is 43.2 Å². The van der Waals surface area contributed by atoms with Crippen LogP contribution in [0.1, 0.15) is 80.2 Å². The number of pyridine rings is 1. The Kier molecular flexibility index (Phi) is 9.09. The third-order valence-electron chi connectivity index (χ3n) is 9.77. The lowest BCUT2D eigenvalue weighted by Crippen LogP contribution is -2.59. The van der Waals surface area contributed by atoms with Gasteiger partial charge in [-0.2, -0.15) is 0 Å². The van der Waals surface area contributed by atoms with E-state index in [0.29, 0.717) is 47.8 Å². The Hall–Kier alpha value is -3.22. The molecule has 2 aliphatic heterocycles. The van der Waals surface area contributed by atoms with Crippen LogP contribution in [0.25, 0.3) is 0 Å². The fraction of sp³-hybridized carbons (Fsp3) is 0.516. The Labute approximate surface area is 268 Å². The van der Waals surface area contributed by atoms with Crippen molar-refractivity contribution < 1.29 is 27.2 Å². The predicted octanol–water partition coefficient (Wildman–Crippen LogP) is 5.94. The van der Waals surface area contributed by atoms with Crippen LogP contribution in [0.15, 0.2) is 41.3 Å². The van der Waals surface area contributed by atoms with Gasteiger partial charge in [-0.3, -0.25) is 23.7 Å². The summed E-state index contributed by atoms with van der Waals surface area (Å²) in [6.07, 6.45) is 5.50. The van der Waals surface area contributed by atoms with Crippen LogP contribution in [0.4, 0.5) is 18.9 Å². The van der Waals surface area contributed by atoms with Crippen LogP contribution in [0.3, 0.4) is 0 Å². The first-order valence-corrected chi connectivity index (χ1v) is 15.9. The molecule has 1 saturated heterocycles. The molecule has 3 N–H and O–H groups in total. The number of hydrogen-bond acceptors (Lipinski definition) is 7. The van der Waals surface area contributed by atoms with Gasteiger partial charge in [0.15, 0.2) is 11.0 Å². The van der Waals surface area contributed by atoms with Gasteiger partial charge in [0.1, 0.15) is 5.41 Å². The van der Waals surface area contributed by atoms with Gasteiger partial charge in [-0.1, -0.05) is 29.3 Å². The van der Waals surface area contributed by atoms with E-state index < -0.39 is 59.0 Å². The van der Waals surface area contributed by atoms with Crippen molar-refractivity contribution in [3.05, 3.63) is 69.9 Å². The number of nitrogens with one attached hydrogen (secondary N) is 3. The smallest absolute Gasteiger partial charge is 0.238 e. The van der Waals surface area contributed by atoms with E-state index >= 15 is 4.39 Å². The standard InChI is InChI=1S/C31H33Cl2F3N6O3/c32-18-5-8-21-22(15-18)40-29(44)31(21)23(20-9-14-37-26(33)24(20)36)25(41-30(31,10-1-12-34)11-2-13-35)27(43)39-19-6-3-17(4-7-19)28-42-38-16-45-28/h5,8-9,14-17,19,23,25,41H,1-4,6-7,10-13H2,(H,39,43)(H,40,44)/t17?,19?,23-,25+,31+/m0/s1. The Bertz CT molecular complexity index is 1550. The molecule has 14 heteroatoms. The fourth-order valence-corrected chi connectivity index (χ4v) is 8.31. The largest absolute Gasteiger partial charge is 0.428 e. The summed E-state index contributed by atoms with van der Waals surface area (Å²) < 4.78 is 49.2. The third-order valence-corrected chi connectivity index (χ3v) is 10.3. The Balaban J connectivity index is 1.46. The summed E-state index contributed by atoms with van der Waals surface area (Å²) in [7, 11) is 0. The molecule has 0 radical (unpaired) electrons. The quantitative estimate of drug-likeness (QED) is 0.229. The minimum absolute atomic E-state index is 0.00285. The van der Waals surface area contributed by atoms with Crippen molar-refractivity contribution >= 4 is 40.7 Å². The lowest BCUT2D eigenvalue weighted by molar-refractivity contribution is -0.124. The summed E-state index contributed by atoms with van der Waals surface area (Å²) in [5, 5.41) is 17.1. The molecule has 2 fully saturated rings. The van der Waals surface area contributed by atoms with Crippen molar-refractivity contribution in [3.8, 4) is 0 Å². The summed E-state index contributed by atoms with van der Waals surface area (Å²) in [4.78, 5) is 32.7. The molecule has 1 saturated carbocycles. The van der Waals surface area contributed by atoms with Crippen LogP contribution in [0.5, 0.6) is 0 Å². The Morgan fingerprint density at radius 1 is 1.09 bits per heavy atom. The van der Waals surface area contributed by atoms with Crippen molar-refractivity contribution in [3.63, 3.8) is 0 Å². The molecule has 0 unspecified atom stereocenters. The van der Waals surface area contributed by atoms with E-state index in [1.54, 1.807) is 18.2 Å². The van der Waals surface area contributed by atoms with Gasteiger partial charge in [0, 0.05) is 40.3 Å². The minimum atomic E-state index is -1.65. The number of aromatic nitrogens is 3. The minimum Gasteiger partial charge on any atom is -0.428 e. The number of carbonyl (C=O) groups is 2.